The fourth-order valence-corrected chi connectivity index (χ4v) is 5.65. The zero-order valence-corrected chi connectivity index (χ0v) is 22.5. The lowest BCUT2D eigenvalue weighted by Crippen LogP contribution is -2.08. The summed E-state index contributed by atoms with van der Waals surface area (Å²) in [6.07, 6.45) is 11.1. The Kier molecular flexibility index (Phi) is 5.97. The van der Waals surface area contributed by atoms with Crippen molar-refractivity contribution in [2.24, 2.45) is 5.92 Å². The predicted octanol–water partition coefficient (Wildman–Crippen LogP) is 8.41. The van der Waals surface area contributed by atoms with Crippen molar-refractivity contribution in [3.05, 3.63) is 126 Å². The summed E-state index contributed by atoms with van der Waals surface area (Å²) in [5.74, 6) is 1.18. The smallest absolute Gasteiger partial charge is 0.234 e. The van der Waals surface area contributed by atoms with Crippen molar-refractivity contribution in [3.63, 3.8) is 0 Å². The van der Waals surface area contributed by atoms with Gasteiger partial charge < -0.3 is 5.32 Å². The second kappa shape index (κ2) is 9.93. The molecule has 5 nitrogen and oxygen atoms in total. The molecular weight excluding hydrogens is 490 g/mol. The molecule has 1 aliphatic rings. The summed E-state index contributed by atoms with van der Waals surface area (Å²) in [6.45, 7) is 4.39. The third-order valence-corrected chi connectivity index (χ3v) is 7.65. The first-order valence-corrected chi connectivity index (χ1v) is 13.7. The first-order chi connectivity index (χ1) is 19.7. The molecule has 0 amide bonds. The Morgan fingerprint density at radius 2 is 1.55 bits per heavy atom. The number of rotatable bonds is 5. The van der Waals surface area contributed by atoms with Crippen LogP contribution in [0.5, 0.6) is 0 Å². The highest BCUT2D eigenvalue weighted by Crippen LogP contribution is 2.36. The molecule has 40 heavy (non-hydrogen) atoms. The molecule has 0 aliphatic heterocycles. The molecule has 1 unspecified atom stereocenters. The van der Waals surface area contributed by atoms with Gasteiger partial charge in [-0.3, -0.25) is 9.55 Å². The van der Waals surface area contributed by atoms with E-state index < -0.39 is 0 Å². The van der Waals surface area contributed by atoms with Crippen LogP contribution in [-0.2, 0) is 6.42 Å². The molecule has 3 heterocycles. The second-order valence-electron chi connectivity index (χ2n) is 10.4. The van der Waals surface area contributed by atoms with E-state index in [9.17, 15) is 0 Å². The third-order valence-electron chi connectivity index (χ3n) is 7.65. The lowest BCUT2D eigenvalue weighted by atomic mass is 9.93. The summed E-state index contributed by atoms with van der Waals surface area (Å²) < 4.78 is 2.17. The van der Waals surface area contributed by atoms with Crippen LogP contribution in [0.15, 0.2) is 110 Å². The minimum atomic E-state index is 0.517. The van der Waals surface area contributed by atoms with Gasteiger partial charge in [0, 0.05) is 16.5 Å². The Morgan fingerprint density at radius 1 is 0.800 bits per heavy atom. The van der Waals surface area contributed by atoms with Crippen LogP contribution in [0.1, 0.15) is 23.7 Å². The summed E-state index contributed by atoms with van der Waals surface area (Å²) in [4.78, 5) is 14.4. The fraction of sp³-hybridized carbons (Fsp3) is 0.114. The monoisotopic (exact) mass is 519 g/mol. The highest BCUT2D eigenvalue weighted by Gasteiger charge is 2.22. The molecule has 3 aromatic heterocycles. The SMILES string of the molecule is Cc1ccccc1-c1cc(-c2ccccc2)ncc1Nc1cnc(-n2c3c(c4ccccc42)CC(C)C=C3)nc1. The molecule has 0 fully saturated rings. The van der Waals surface area contributed by atoms with Crippen LogP contribution in [-0.4, -0.2) is 19.5 Å². The van der Waals surface area contributed by atoms with Crippen molar-refractivity contribution in [1.82, 2.24) is 19.5 Å². The Bertz CT molecular complexity index is 1870. The first kappa shape index (κ1) is 24.0. The van der Waals surface area contributed by atoms with E-state index >= 15 is 0 Å². The maximum Gasteiger partial charge on any atom is 0.234 e. The van der Waals surface area contributed by atoms with Crippen LogP contribution in [0.25, 0.3) is 45.3 Å². The standard InChI is InChI=1S/C35H29N5/c1-23-16-17-34-30(18-23)28-14-8-9-15-33(28)40(34)35-37-20-26(21-38-35)39-32-22-36-31(25-11-4-3-5-12-25)19-29(32)27-13-7-6-10-24(27)2/h3-17,19-23,39H,18H2,1-2H3. The largest absolute Gasteiger partial charge is 0.351 e. The normalized spacial score (nSPS) is 14.3. The Balaban J connectivity index is 1.27. The number of pyridine rings is 1. The topological polar surface area (TPSA) is 55.6 Å². The summed E-state index contributed by atoms with van der Waals surface area (Å²) in [5.41, 5.74) is 10.8. The number of anilines is 2. The van der Waals surface area contributed by atoms with E-state index in [-0.39, 0.29) is 0 Å². The van der Waals surface area contributed by atoms with Crippen LogP contribution in [0.2, 0.25) is 0 Å². The van der Waals surface area contributed by atoms with E-state index in [1.165, 1.54) is 22.2 Å². The van der Waals surface area contributed by atoms with Crippen molar-refractivity contribution in [1.29, 1.82) is 0 Å². The summed E-state index contributed by atoms with van der Waals surface area (Å²) in [6, 6.07) is 29.4. The zero-order valence-electron chi connectivity index (χ0n) is 22.5. The molecule has 194 valence electrons. The van der Waals surface area contributed by atoms with Crippen molar-refractivity contribution >= 4 is 28.4 Å². The molecule has 7 rings (SSSR count). The van der Waals surface area contributed by atoms with E-state index in [2.05, 4.69) is 103 Å². The van der Waals surface area contributed by atoms with Crippen molar-refractivity contribution in [3.8, 4) is 28.3 Å². The maximum absolute atomic E-state index is 4.81. The molecular formula is C35H29N5. The van der Waals surface area contributed by atoms with Crippen LogP contribution in [0.3, 0.4) is 0 Å². The fourth-order valence-electron chi connectivity index (χ4n) is 5.65. The molecule has 1 aliphatic carbocycles. The number of allylic oxidation sites excluding steroid dienone is 1. The predicted molar refractivity (Wildman–Crippen MR) is 164 cm³/mol. The third kappa shape index (κ3) is 4.26. The summed E-state index contributed by atoms with van der Waals surface area (Å²) in [5, 5.41) is 4.81. The number of aryl methyl sites for hydroxylation is 1. The number of hydrogen-bond acceptors (Lipinski definition) is 4. The molecule has 1 atom stereocenters. The molecule has 6 aromatic rings. The minimum Gasteiger partial charge on any atom is -0.351 e. The van der Waals surface area contributed by atoms with Gasteiger partial charge in [-0.1, -0.05) is 85.8 Å². The lowest BCUT2D eigenvalue weighted by molar-refractivity contribution is 0.716. The average molecular weight is 520 g/mol. The number of nitrogens with zero attached hydrogens (tertiary/aromatic N) is 4. The molecule has 5 heteroatoms. The molecule has 0 radical (unpaired) electrons. The van der Waals surface area contributed by atoms with Crippen molar-refractivity contribution in [2.75, 3.05) is 5.32 Å². The number of nitrogens with one attached hydrogen (secondary N) is 1. The van der Waals surface area contributed by atoms with Gasteiger partial charge in [0.05, 0.1) is 46.9 Å². The van der Waals surface area contributed by atoms with Gasteiger partial charge in [-0.05, 0) is 54.2 Å². The van der Waals surface area contributed by atoms with Gasteiger partial charge in [0.15, 0.2) is 0 Å². The molecule has 1 N–H and O–H groups in total. The van der Waals surface area contributed by atoms with Crippen LogP contribution < -0.4 is 5.32 Å². The van der Waals surface area contributed by atoms with Crippen LogP contribution >= 0.6 is 0 Å². The highest BCUT2D eigenvalue weighted by atomic mass is 15.2. The molecule has 0 spiro atoms. The maximum atomic E-state index is 4.81. The summed E-state index contributed by atoms with van der Waals surface area (Å²) >= 11 is 0. The van der Waals surface area contributed by atoms with E-state index in [0.717, 1.165) is 45.7 Å². The number of aromatic nitrogens is 4. The highest BCUT2D eigenvalue weighted by molar-refractivity contribution is 5.90. The van der Waals surface area contributed by atoms with E-state index in [0.29, 0.717) is 11.9 Å². The Morgan fingerprint density at radius 3 is 2.38 bits per heavy atom. The second-order valence-corrected chi connectivity index (χ2v) is 10.4. The average Bonchev–Trinajstić information content (AvgIpc) is 3.32. The van der Waals surface area contributed by atoms with Crippen molar-refractivity contribution in [2.45, 2.75) is 20.3 Å². The minimum absolute atomic E-state index is 0.517. The molecule has 0 bridgehead atoms. The number of benzene rings is 3. The lowest BCUT2D eigenvalue weighted by Gasteiger charge is -2.16. The van der Waals surface area contributed by atoms with E-state index in [1.54, 1.807) is 0 Å². The van der Waals surface area contributed by atoms with Crippen LogP contribution in [0, 0.1) is 12.8 Å². The van der Waals surface area contributed by atoms with E-state index in [4.69, 9.17) is 15.0 Å². The molecule has 0 saturated carbocycles. The Hall–Kier alpha value is -5.03. The molecule has 0 saturated heterocycles. The zero-order chi connectivity index (χ0) is 27.1. The number of hydrogen-bond donors (Lipinski definition) is 1. The van der Waals surface area contributed by atoms with Gasteiger partial charge in [-0.2, -0.15) is 0 Å². The van der Waals surface area contributed by atoms with Gasteiger partial charge in [0.25, 0.3) is 0 Å². The van der Waals surface area contributed by atoms with Crippen molar-refractivity contribution < 1.29 is 0 Å². The Labute approximate surface area is 233 Å². The number of para-hydroxylation sites is 1. The van der Waals surface area contributed by atoms with E-state index in [1.807, 2.05) is 36.8 Å². The van der Waals surface area contributed by atoms with Gasteiger partial charge >= 0.3 is 0 Å². The van der Waals surface area contributed by atoms with Crippen LogP contribution in [0.4, 0.5) is 11.4 Å². The quantitative estimate of drug-likeness (QED) is 0.248. The molecule has 3 aromatic carbocycles. The first-order valence-electron chi connectivity index (χ1n) is 13.7. The van der Waals surface area contributed by atoms with Gasteiger partial charge in [-0.25, -0.2) is 9.97 Å². The number of fused-ring (bicyclic) bond motifs is 3. The van der Waals surface area contributed by atoms with Gasteiger partial charge in [0.1, 0.15) is 0 Å². The summed E-state index contributed by atoms with van der Waals surface area (Å²) in [7, 11) is 0. The van der Waals surface area contributed by atoms with Gasteiger partial charge in [-0.15, -0.1) is 0 Å². The van der Waals surface area contributed by atoms with Gasteiger partial charge in [0.2, 0.25) is 5.95 Å².